The second-order valence-electron chi connectivity index (χ2n) is 5.06. The first kappa shape index (κ1) is 16.5. The molecule has 2 aromatic rings. The van der Waals surface area contributed by atoms with Crippen molar-refractivity contribution in [1.29, 1.82) is 0 Å². The fourth-order valence-electron chi connectivity index (χ4n) is 1.95. The van der Waals surface area contributed by atoms with E-state index in [-0.39, 0.29) is 27.4 Å². The summed E-state index contributed by atoms with van der Waals surface area (Å²) in [6, 6.07) is 2.57. The van der Waals surface area contributed by atoms with Gasteiger partial charge in [0.15, 0.2) is 5.82 Å². The number of sulfonamides is 1. The molecule has 0 radical (unpaired) electrons. The van der Waals surface area contributed by atoms with Gasteiger partial charge in [0.05, 0.1) is 23.7 Å². The quantitative estimate of drug-likeness (QED) is 0.831. The van der Waals surface area contributed by atoms with Crippen molar-refractivity contribution in [2.75, 3.05) is 7.11 Å². The third-order valence-electron chi connectivity index (χ3n) is 3.34. The highest BCUT2D eigenvalue weighted by atomic mass is 35.5. The van der Waals surface area contributed by atoms with Gasteiger partial charge in [-0.25, -0.2) is 13.1 Å². The second-order valence-corrected chi connectivity index (χ2v) is 7.61. The smallest absolute Gasteiger partial charge is 0.242 e. The Morgan fingerprint density at radius 1 is 1.35 bits per heavy atom. The molecule has 0 saturated heterocycles. The minimum absolute atomic E-state index is 0.00273. The van der Waals surface area contributed by atoms with Crippen LogP contribution in [0.4, 0.5) is 0 Å². The third kappa shape index (κ3) is 3.60. The maximum absolute atomic E-state index is 12.3. The molecule has 0 amide bonds. The van der Waals surface area contributed by atoms with Crippen LogP contribution in [0.5, 0.6) is 5.75 Å². The number of hydrogen-bond acceptors (Lipinski definition) is 6. The molecule has 1 fully saturated rings. The van der Waals surface area contributed by atoms with Gasteiger partial charge in [0.25, 0.3) is 0 Å². The molecule has 1 aromatic heterocycles. The van der Waals surface area contributed by atoms with Crippen molar-refractivity contribution >= 4 is 33.2 Å². The Morgan fingerprint density at radius 2 is 2.09 bits per heavy atom. The first-order valence-corrected chi connectivity index (χ1v) is 9.00. The fraction of sp³-hybridized carbons (Fsp3) is 0.385. The summed E-state index contributed by atoms with van der Waals surface area (Å²) in [4.78, 5) is 4.01. The molecule has 124 valence electrons. The van der Waals surface area contributed by atoms with Crippen molar-refractivity contribution in [1.82, 2.24) is 14.9 Å². The zero-order chi connectivity index (χ0) is 16.6. The van der Waals surface area contributed by atoms with Crippen LogP contribution >= 0.6 is 23.2 Å². The summed E-state index contributed by atoms with van der Waals surface area (Å²) in [6.45, 7) is -0.123. The van der Waals surface area contributed by atoms with Crippen LogP contribution in [0.1, 0.15) is 30.5 Å². The first-order valence-electron chi connectivity index (χ1n) is 6.76. The van der Waals surface area contributed by atoms with Crippen LogP contribution in [0.15, 0.2) is 21.6 Å². The predicted octanol–water partition coefficient (Wildman–Crippen LogP) is 2.74. The Hall–Kier alpha value is -1.35. The highest BCUT2D eigenvalue weighted by molar-refractivity contribution is 7.89. The zero-order valence-corrected chi connectivity index (χ0v) is 14.4. The van der Waals surface area contributed by atoms with Gasteiger partial charge in [-0.2, -0.15) is 4.98 Å². The number of aromatic nitrogens is 2. The van der Waals surface area contributed by atoms with Gasteiger partial charge in [-0.15, -0.1) is 0 Å². The average molecular weight is 378 g/mol. The lowest BCUT2D eigenvalue weighted by molar-refractivity contribution is 0.370. The van der Waals surface area contributed by atoms with Crippen LogP contribution in [-0.4, -0.2) is 25.7 Å². The Labute approximate surface area is 143 Å². The lowest BCUT2D eigenvalue weighted by Crippen LogP contribution is -2.23. The van der Waals surface area contributed by atoms with E-state index in [4.69, 9.17) is 32.5 Å². The van der Waals surface area contributed by atoms with E-state index < -0.39 is 10.0 Å². The summed E-state index contributed by atoms with van der Waals surface area (Å²) < 4.78 is 37.1. The Bertz CT molecular complexity index is 834. The molecule has 1 heterocycles. The third-order valence-corrected chi connectivity index (χ3v) is 5.50. The van der Waals surface area contributed by atoms with Crippen molar-refractivity contribution in [3.05, 3.63) is 33.9 Å². The minimum Gasteiger partial charge on any atom is -0.495 e. The van der Waals surface area contributed by atoms with Crippen molar-refractivity contribution < 1.29 is 17.7 Å². The molecule has 3 rings (SSSR count). The predicted molar refractivity (Wildman–Crippen MR) is 83.3 cm³/mol. The molecule has 0 unspecified atom stereocenters. The number of benzene rings is 1. The number of nitrogens with one attached hydrogen (secondary N) is 1. The van der Waals surface area contributed by atoms with Gasteiger partial charge < -0.3 is 9.26 Å². The van der Waals surface area contributed by atoms with E-state index in [0.717, 1.165) is 12.8 Å². The number of hydrogen-bond donors (Lipinski definition) is 1. The van der Waals surface area contributed by atoms with Crippen molar-refractivity contribution in [3.8, 4) is 5.75 Å². The molecule has 0 atom stereocenters. The van der Waals surface area contributed by atoms with Crippen molar-refractivity contribution in [2.24, 2.45) is 0 Å². The molecular weight excluding hydrogens is 365 g/mol. The van der Waals surface area contributed by atoms with Crippen LogP contribution in [0, 0.1) is 0 Å². The highest BCUT2D eigenvalue weighted by Gasteiger charge is 2.29. The number of nitrogens with zero attached hydrogens (tertiary/aromatic N) is 2. The molecule has 1 aliphatic carbocycles. The maximum Gasteiger partial charge on any atom is 0.242 e. The monoisotopic (exact) mass is 377 g/mol. The van der Waals surface area contributed by atoms with Crippen molar-refractivity contribution in [2.45, 2.75) is 30.2 Å². The number of methoxy groups -OCH3 is 1. The molecule has 10 heteroatoms. The largest absolute Gasteiger partial charge is 0.495 e. The van der Waals surface area contributed by atoms with Gasteiger partial charge in [0.1, 0.15) is 10.6 Å². The molecule has 23 heavy (non-hydrogen) atoms. The SMILES string of the molecule is COc1cc(Cl)c(S(=O)(=O)NCc2nc(C3CC3)no2)cc1Cl. The Morgan fingerprint density at radius 3 is 2.74 bits per heavy atom. The zero-order valence-electron chi connectivity index (χ0n) is 12.0. The van der Waals surface area contributed by atoms with E-state index in [1.165, 1.54) is 19.2 Å². The summed E-state index contributed by atoms with van der Waals surface area (Å²) in [7, 11) is -2.47. The number of halogens is 2. The highest BCUT2D eigenvalue weighted by Crippen LogP contribution is 2.38. The molecule has 0 spiro atoms. The van der Waals surface area contributed by atoms with Crippen LogP contribution in [-0.2, 0) is 16.6 Å². The minimum atomic E-state index is -3.88. The maximum atomic E-state index is 12.3. The van der Waals surface area contributed by atoms with Gasteiger partial charge in [-0.05, 0) is 18.9 Å². The molecule has 1 aliphatic rings. The lowest BCUT2D eigenvalue weighted by Gasteiger charge is -2.10. The van der Waals surface area contributed by atoms with Crippen molar-refractivity contribution in [3.63, 3.8) is 0 Å². The van der Waals surface area contributed by atoms with Gasteiger partial charge in [-0.3, -0.25) is 0 Å². The van der Waals surface area contributed by atoms with E-state index in [0.29, 0.717) is 17.5 Å². The first-order chi connectivity index (χ1) is 10.9. The summed E-state index contributed by atoms with van der Waals surface area (Å²) >= 11 is 11.9. The van der Waals surface area contributed by atoms with Crippen LogP contribution in [0.2, 0.25) is 10.0 Å². The summed E-state index contributed by atoms with van der Waals surface area (Å²) in [6.07, 6.45) is 2.06. The molecule has 0 bridgehead atoms. The van der Waals surface area contributed by atoms with Crippen LogP contribution < -0.4 is 9.46 Å². The Kier molecular flexibility index (Phi) is 4.50. The fourth-order valence-corrected chi connectivity index (χ4v) is 3.78. The van der Waals surface area contributed by atoms with Gasteiger partial charge in [-0.1, -0.05) is 28.4 Å². The Balaban J connectivity index is 1.76. The lowest BCUT2D eigenvalue weighted by atomic mass is 10.3. The van der Waals surface area contributed by atoms with Gasteiger partial charge in [0.2, 0.25) is 15.9 Å². The molecule has 7 nitrogen and oxygen atoms in total. The summed E-state index contributed by atoms with van der Waals surface area (Å²) in [5.41, 5.74) is 0. The van der Waals surface area contributed by atoms with Gasteiger partial charge >= 0.3 is 0 Å². The molecule has 1 N–H and O–H groups in total. The van der Waals surface area contributed by atoms with E-state index in [1.807, 2.05) is 0 Å². The van der Waals surface area contributed by atoms with Crippen LogP contribution in [0.3, 0.4) is 0 Å². The number of rotatable bonds is 6. The molecule has 1 aromatic carbocycles. The number of ether oxygens (including phenoxy) is 1. The van der Waals surface area contributed by atoms with E-state index >= 15 is 0 Å². The van der Waals surface area contributed by atoms with E-state index in [2.05, 4.69) is 14.9 Å². The van der Waals surface area contributed by atoms with E-state index in [9.17, 15) is 8.42 Å². The molecule has 1 saturated carbocycles. The molecule has 0 aliphatic heterocycles. The molecular formula is C13H13Cl2N3O4S. The van der Waals surface area contributed by atoms with Crippen LogP contribution in [0.25, 0.3) is 0 Å². The topological polar surface area (TPSA) is 94.3 Å². The standard InChI is InChI=1S/C13H13Cl2N3O4S/c1-21-10-4-9(15)11(5-8(10)14)23(19,20)16-6-12-17-13(18-22-12)7-2-3-7/h4-5,7,16H,2-3,6H2,1H3. The second kappa shape index (κ2) is 6.27. The van der Waals surface area contributed by atoms with Gasteiger partial charge in [0, 0.05) is 12.0 Å². The summed E-state index contributed by atoms with van der Waals surface area (Å²) in [5.74, 6) is 1.44. The average Bonchev–Trinajstić information content (AvgIpc) is 3.26. The summed E-state index contributed by atoms with van der Waals surface area (Å²) in [5, 5.41) is 3.97. The van der Waals surface area contributed by atoms with E-state index in [1.54, 1.807) is 0 Å². The normalized spacial score (nSPS) is 14.9.